The van der Waals surface area contributed by atoms with Crippen molar-refractivity contribution in [3.63, 3.8) is 0 Å². The van der Waals surface area contributed by atoms with Crippen molar-refractivity contribution in [1.29, 1.82) is 0 Å². The van der Waals surface area contributed by atoms with Crippen molar-refractivity contribution in [3.8, 4) is 61.6 Å². The van der Waals surface area contributed by atoms with Crippen molar-refractivity contribution in [2.24, 2.45) is 0 Å². The van der Waals surface area contributed by atoms with Gasteiger partial charge in [-0.25, -0.2) is 9.97 Å². The number of fused-ring (bicyclic) bond motifs is 16. The van der Waals surface area contributed by atoms with Gasteiger partial charge in [0.2, 0.25) is 0 Å². The van der Waals surface area contributed by atoms with Crippen molar-refractivity contribution >= 4 is 66.5 Å². The summed E-state index contributed by atoms with van der Waals surface area (Å²) in [6, 6.07) is 90.6. The Morgan fingerprint density at radius 1 is 0.338 bits per heavy atom. The Bertz CT molecular complexity index is 4620. The van der Waals surface area contributed by atoms with Crippen molar-refractivity contribution in [3.05, 3.63) is 271 Å². The molecule has 1 aliphatic heterocycles. The number of nitrogens with zero attached hydrogens (tertiary/aromatic N) is 3. The average molecular weight is 960 g/mol. The van der Waals surface area contributed by atoms with E-state index < -0.39 is 5.41 Å². The summed E-state index contributed by atoms with van der Waals surface area (Å²) in [6.07, 6.45) is 0. The topological polar surface area (TPSA) is 43.9 Å². The largest absolute Gasteiger partial charge is 0.456 e. The molecule has 4 heterocycles. The lowest BCUT2D eigenvalue weighted by molar-refractivity contribution is 0.669. The number of rotatable bonds is 5. The van der Waals surface area contributed by atoms with Gasteiger partial charge in [-0.3, -0.25) is 0 Å². The second kappa shape index (κ2) is 15.9. The number of benzene rings is 11. The summed E-state index contributed by atoms with van der Waals surface area (Å²) in [4.78, 5) is 13.4. The highest BCUT2D eigenvalue weighted by atomic mass is 32.2. The molecule has 2 aliphatic rings. The lowest BCUT2D eigenvalue weighted by Gasteiger charge is -2.39. The maximum absolute atomic E-state index is 6.27. The molecule has 0 radical (unpaired) electrons. The summed E-state index contributed by atoms with van der Waals surface area (Å²) >= 11 is 1.88. The van der Waals surface area contributed by atoms with Crippen molar-refractivity contribution < 1.29 is 4.42 Å². The van der Waals surface area contributed by atoms with Gasteiger partial charge in [-0.2, -0.15) is 0 Å². The second-order valence-electron chi connectivity index (χ2n) is 19.6. The lowest BCUT2D eigenvalue weighted by atomic mass is 9.67. The van der Waals surface area contributed by atoms with Crippen LogP contribution in [0.3, 0.4) is 0 Å². The van der Waals surface area contributed by atoms with E-state index in [1.165, 1.54) is 59.5 Å². The molecule has 11 aromatic carbocycles. The van der Waals surface area contributed by atoms with Crippen LogP contribution in [0.2, 0.25) is 0 Å². The van der Waals surface area contributed by atoms with Gasteiger partial charge >= 0.3 is 0 Å². The molecule has 0 fully saturated rings. The molecular weight excluding hydrogens is 919 g/mol. The summed E-state index contributed by atoms with van der Waals surface area (Å²) in [7, 11) is 0. The minimum Gasteiger partial charge on any atom is -0.456 e. The quantitative estimate of drug-likeness (QED) is 0.172. The van der Waals surface area contributed by atoms with Crippen LogP contribution in [0, 0.1) is 0 Å². The minimum absolute atomic E-state index is 0.474. The van der Waals surface area contributed by atoms with Crippen LogP contribution < -0.4 is 0 Å². The normalized spacial score (nSPS) is 13.2. The highest BCUT2D eigenvalue weighted by molar-refractivity contribution is 7.99. The van der Waals surface area contributed by atoms with E-state index >= 15 is 0 Å². The summed E-state index contributed by atoms with van der Waals surface area (Å²) in [5.74, 6) is 0. The Morgan fingerprint density at radius 2 is 0.905 bits per heavy atom. The predicted octanol–water partition coefficient (Wildman–Crippen LogP) is 18.1. The average Bonchev–Trinajstić information content (AvgIpc) is 4.14. The number of aromatic nitrogens is 3. The molecule has 0 saturated heterocycles. The first-order chi connectivity index (χ1) is 36.7. The molecule has 4 nitrogen and oxygen atoms in total. The van der Waals surface area contributed by atoms with Crippen molar-refractivity contribution in [2.75, 3.05) is 0 Å². The van der Waals surface area contributed by atoms with E-state index in [1.54, 1.807) is 0 Å². The van der Waals surface area contributed by atoms with Gasteiger partial charge in [-0.1, -0.05) is 188 Å². The maximum atomic E-state index is 6.27. The van der Waals surface area contributed by atoms with Crippen LogP contribution in [-0.2, 0) is 5.41 Å². The molecule has 74 heavy (non-hydrogen) atoms. The fraction of sp³-hybridized carbons (Fsp3) is 0.0145. The monoisotopic (exact) mass is 959 g/mol. The van der Waals surface area contributed by atoms with Crippen LogP contribution in [0.4, 0.5) is 0 Å². The van der Waals surface area contributed by atoms with Crippen LogP contribution in [-0.4, -0.2) is 14.5 Å². The SMILES string of the molecule is c1ccc(-c2nc3ccccc3nc2-c2ccccc2-n2c3ccc(-c4ccc5oc6ccccc6c5c4)cc3c3ccc(-c4ccc5c(c4)C4(c6ccccc6Sc6ccccc64)c4ccccc4-5)cc32)cc1. The van der Waals surface area contributed by atoms with E-state index in [0.29, 0.717) is 0 Å². The standard InChI is InChI=1S/C69H41N3OS/c1-2-16-42(17-3-1)67-68(71-59-25-11-10-24-58(59)70-67)51-20-5-12-26-60(51)72-61-36-32-43(44-33-37-64-53(39-44)50-19-6-13-27-63(50)73-64)38-52(61)49-35-31-46(41-62(49)72)45-30-34-48-47-18-4-7-21-54(47)69(57(48)40-45)55-22-8-14-28-65(55)74-66-29-15-9-23-56(66)69/h1-41H. The molecule has 1 spiro atoms. The number of hydrogen-bond donors (Lipinski definition) is 0. The zero-order valence-electron chi connectivity index (χ0n) is 39.8. The summed E-state index contributed by atoms with van der Waals surface area (Å²) in [5, 5.41) is 4.57. The third kappa shape index (κ3) is 5.93. The number of hydrogen-bond acceptors (Lipinski definition) is 4. The molecule has 0 unspecified atom stereocenters. The first-order valence-electron chi connectivity index (χ1n) is 25.2. The van der Waals surface area contributed by atoms with Gasteiger partial charge in [0.1, 0.15) is 11.2 Å². The van der Waals surface area contributed by atoms with Crippen LogP contribution >= 0.6 is 11.8 Å². The van der Waals surface area contributed by atoms with E-state index in [2.05, 4.69) is 223 Å². The van der Waals surface area contributed by atoms with Crippen LogP contribution in [0.1, 0.15) is 22.3 Å². The molecular formula is C69H41N3OS. The van der Waals surface area contributed by atoms with E-state index in [0.717, 1.165) is 88.9 Å². The Labute approximate surface area is 430 Å². The molecule has 3 aromatic heterocycles. The van der Waals surface area contributed by atoms with E-state index in [-0.39, 0.29) is 0 Å². The van der Waals surface area contributed by atoms with Gasteiger partial charge < -0.3 is 8.98 Å². The Morgan fingerprint density at radius 3 is 1.72 bits per heavy atom. The van der Waals surface area contributed by atoms with Gasteiger partial charge in [0.15, 0.2) is 0 Å². The van der Waals surface area contributed by atoms with Gasteiger partial charge in [0.25, 0.3) is 0 Å². The highest BCUT2D eigenvalue weighted by Crippen LogP contribution is 2.62. The van der Waals surface area contributed by atoms with E-state index in [9.17, 15) is 0 Å². The first-order valence-corrected chi connectivity index (χ1v) is 26.0. The fourth-order valence-corrected chi connectivity index (χ4v) is 13.6. The second-order valence-corrected chi connectivity index (χ2v) is 20.6. The molecule has 5 heteroatoms. The summed E-state index contributed by atoms with van der Waals surface area (Å²) in [6.45, 7) is 0. The third-order valence-electron chi connectivity index (χ3n) is 15.7. The van der Waals surface area contributed by atoms with Crippen molar-refractivity contribution in [1.82, 2.24) is 14.5 Å². The van der Waals surface area contributed by atoms with Crippen LogP contribution in [0.5, 0.6) is 0 Å². The predicted molar refractivity (Wildman–Crippen MR) is 304 cm³/mol. The zero-order valence-corrected chi connectivity index (χ0v) is 40.6. The van der Waals surface area contributed by atoms with Gasteiger partial charge in [-0.15, -0.1) is 0 Å². The van der Waals surface area contributed by atoms with E-state index in [1.807, 2.05) is 42.1 Å². The summed E-state index contributed by atoms with van der Waals surface area (Å²) in [5.41, 5.74) is 22.5. The molecule has 0 N–H and O–H groups in total. The Hall–Kier alpha value is -9.29. The van der Waals surface area contributed by atoms with Gasteiger partial charge in [-0.05, 0) is 128 Å². The first kappa shape index (κ1) is 41.3. The fourth-order valence-electron chi connectivity index (χ4n) is 12.4. The highest BCUT2D eigenvalue weighted by Gasteiger charge is 2.50. The molecule has 16 rings (SSSR count). The Kier molecular flexibility index (Phi) is 8.86. The number of para-hydroxylation sites is 4. The number of furan rings is 1. The van der Waals surface area contributed by atoms with Crippen LogP contribution in [0.25, 0.3) is 116 Å². The minimum atomic E-state index is -0.474. The molecule has 0 bridgehead atoms. The Balaban J connectivity index is 0.946. The molecule has 0 saturated carbocycles. The smallest absolute Gasteiger partial charge is 0.135 e. The molecule has 0 amide bonds. The van der Waals surface area contributed by atoms with Crippen molar-refractivity contribution in [2.45, 2.75) is 15.2 Å². The maximum Gasteiger partial charge on any atom is 0.135 e. The lowest BCUT2D eigenvalue weighted by Crippen LogP contribution is -2.31. The molecule has 1 aliphatic carbocycles. The van der Waals surface area contributed by atoms with Gasteiger partial charge in [0.05, 0.1) is 44.6 Å². The third-order valence-corrected chi connectivity index (χ3v) is 16.8. The zero-order chi connectivity index (χ0) is 48.5. The van der Waals surface area contributed by atoms with Gasteiger partial charge in [0, 0.05) is 42.5 Å². The van der Waals surface area contributed by atoms with Crippen LogP contribution in [0.15, 0.2) is 263 Å². The summed E-state index contributed by atoms with van der Waals surface area (Å²) < 4.78 is 8.73. The van der Waals surface area contributed by atoms with E-state index in [4.69, 9.17) is 14.4 Å². The molecule has 344 valence electrons. The molecule has 14 aromatic rings. The molecule has 0 atom stereocenters.